The van der Waals surface area contributed by atoms with Crippen molar-refractivity contribution in [1.82, 2.24) is 14.2 Å². The third-order valence-electron chi connectivity index (χ3n) is 4.07. The van der Waals surface area contributed by atoms with E-state index in [1.165, 1.54) is 9.21 Å². The quantitative estimate of drug-likeness (QED) is 0.789. The lowest BCUT2D eigenvalue weighted by atomic mass is 10.1. The van der Waals surface area contributed by atoms with Crippen LogP contribution in [0.5, 0.6) is 0 Å². The number of carbonyl (C=O) groups excluding carboxylic acids is 1. The van der Waals surface area contributed by atoms with Crippen LogP contribution >= 0.6 is 0 Å². The number of aryl methyl sites for hydroxylation is 1. The maximum absolute atomic E-state index is 13.0. The zero-order chi connectivity index (χ0) is 17.5. The minimum Gasteiger partial charge on any atom is -0.347 e. The first kappa shape index (κ1) is 16.6. The second-order valence-electron chi connectivity index (χ2n) is 6.06. The lowest BCUT2D eigenvalue weighted by molar-refractivity contribution is -0.128. The fourth-order valence-electron chi connectivity index (χ4n) is 2.73. The van der Waals surface area contributed by atoms with E-state index in [0.29, 0.717) is 5.56 Å². The summed E-state index contributed by atoms with van der Waals surface area (Å²) in [5, 5.41) is 0. The van der Waals surface area contributed by atoms with Crippen molar-refractivity contribution in [3.63, 3.8) is 0 Å². The average molecular weight is 345 g/mol. The van der Waals surface area contributed by atoms with Gasteiger partial charge < -0.3 is 4.90 Å². The summed E-state index contributed by atoms with van der Waals surface area (Å²) in [6.07, 6.45) is 3.22. The number of aromatic nitrogens is 1. The third-order valence-corrected chi connectivity index (χ3v) is 5.95. The van der Waals surface area contributed by atoms with Crippen LogP contribution in [0.3, 0.4) is 0 Å². The second-order valence-corrected chi connectivity index (χ2v) is 7.90. The number of likely N-dealkylation sites (N-methyl/N-ethyl adjacent to an activating group) is 1. The van der Waals surface area contributed by atoms with Crippen molar-refractivity contribution >= 4 is 15.9 Å². The van der Waals surface area contributed by atoms with Crippen LogP contribution in [0.2, 0.25) is 0 Å². The summed E-state index contributed by atoms with van der Waals surface area (Å²) < 4.78 is 27.2. The highest BCUT2D eigenvalue weighted by Crippen LogP contribution is 2.48. The number of hydrogen-bond donors (Lipinski definition) is 0. The number of amides is 1. The molecule has 2 aromatic rings. The van der Waals surface area contributed by atoms with Gasteiger partial charge in [-0.05, 0) is 30.7 Å². The number of benzene rings is 1. The number of rotatable bonds is 4. The number of pyridine rings is 1. The van der Waals surface area contributed by atoms with Gasteiger partial charge in [-0.2, -0.15) is 4.31 Å². The summed E-state index contributed by atoms with van der Waals surface area (Å²) in [4.78, 5) is 18.1. The maximum Gasteiger partial charge on any atom is 0.244 e. The molecule has 6 nitrogen and oxygen atoms in total. The number of carbonyl (C=O) groups is 1. The molecule has 1 aromatic carbocycles. The van der Waals surface area contributed by atoms with Crippen LogP contribution in [-0.2, 0) is 14.8 Å². The minimum absolute atomic E-state index is 0.191. The van der Waals surface area contributed by atoms with Gasteiger partial charge in [-0.3, -0.25) is 9.78 Å². The van der Waals surface area contributed by atoms with Crippen molar-refractivity contribution in [1.29, 1.82) is 0 Å². The van der Waals surface area contributed by atoms with E-state index in [0.717, 1.165) is 5.56 Å². The van der Waals surface area contributed by atoms with Gasteiger partial charge in [0.05, 0.1) is 10.9 Å². The van der Waals surface area contributed by atoms with Crippen LogP contribution in [0.15, 0.2) is 53.7 Å². The molecule has 3 rings (SSSR count). The molecule has 2 heterocycles. The van der Waals surface area contributed by atoms with Crippen molar-refractivity contribution in [3.8, 4) is 0 Å². The fourth-order valence-corrected chi connectivity index (χ4v) is 4.44. The molecule has 0 N–H and O–H groups in total. The molecule has 3 atom stereocenters. The first-order valence-corrected chi connectivity index (χ1v) is 8.99. The Hall–Kier alpha value is -2.25. The Bertz CT molecular complexity index is 848. The van der Waals surface area contributed by atoms with E-state index in [1.807, 2.05) is 6.92 Å². The molecule has 126 valence electrons. The number of nitrogens with zero attached hydrogens (tertiary/aromatic N) is 3. The first-order chi connectivity index (χ1) is 11.3. The Morgan fingerprint density at radius 1 is 1.17 bits per heavy atom. The Labute approximate surface area is 141 Å². The molecule has 1 saturated heterocycles. The molecule has 0 aliphatic carbocycles. The molecule has 1 amide bonds. The summed E-state index contributed by atoms with van der Waals surface area (Å²) in [7, 11) is -0.504. The van der Waals surface area contributed by atoms with E-state index in [1.54, 1.807) is 62.9 Å². The van der Waals surface area contributed by atoms with Crippen molar-refractivity contribution in [2.45, 2.75) is 23.9 Å². The Kier molecular flexibility index (Phi) is 4.15. The highest BCUT2D eigenvalue weighted by molar-refractivity contribution is 7.89. The molecule has 7 heteroatoms. The van der Waals surface area contributed by atoms with Gasteiger partial charge in [0, 0.05) is 26.5 Å². The van der Waals surface area contributed by atoms with Crippen LogP contribution in [0.1, 0.15) is 17.2 Å². The van der Waals surface area contributed by atoms with Gasteiger partial charge in [-0.1, -0.05) is 23.8 Å². The molecule has 0 spiro atoms. The first-order valence-electron chi connectivity index (χ1n) is 7.55. The molecule has 0 radical (unpaired) electrons. The summed E-state index contributed by atoms with van der Waals surface area (Å²) in [6, 6.07) is 8.92. The van der Waals surface area contributed by atoms with Crippen LogP contribution < -0.4 is 0 Å². The van der Waals surface area contributed by atoms with Crippen molar-refractivity contribution in [2.24, 2.45) is 0 Å². The third kappa shape index (κ3) is 2.81. The molecular weight excluding hydrogens is 326 g/mol. The lowest BCUT2D eigenvalue weighted by Crippen LogP contribution is -2.30. The Balaban J connectivity index is 2.00. The van der Waals surface area contributed by atoms with Crippen LogP contribution in [0.4, 0.5) is 0 Å². The molecule has 1 unspecified atom stereocenters. The van der Waals surface area contributed by atoms with Gasteiger partial charge in [-0.15, -0.1) is 0 Å². The molecule has 24 heavy (non-hydrogen) atoms. The lowest BCUT2D eigenvalue weighted by Gasteiger charge is -2.10. The Morgan fingerprint density at radius 3 is 2.38 bits per heavy atom. The fraction of sp³-hybridized carbons (Fsp3) is 0.294. The van der Waals surface area contributed by atoms with E-state index in [-0.39, 0.29) is 10.8 Å². The summed E-state index contributed by atoms with van der Waals surface area (Å²) in [6.45, 7) is 1.89. The van der Waals surface area contributed by atoms with E-state index < -0.39 is 22.1 Å². The topological polar surface area (TPSA) is 70.3 Å². The van der Waals surface area contributed by atoms with E-state index in [9.17, 15) is 13.2 Å². The smallest absolute Gasteiger partial charge is 0.244 e. The van der Waals surface area contributed by atoms with Crippen molar-refractivity contribution in [3.05, 3.63) is 59.9 Å². The highest BCUT2D eigenvalue weighted by atomic mass is 32.2. The van der Waals surface area contributed by atoms with E-state index in [2.05, 4.69) is 4.98 Å². The Morgan fingerprint density at radius 2 is 1.83 bits per heavy atom. The SMILES string of the molecule is Cc1ccc(S(=O)(=O)N2[C@H](C(=O)N(C)C)[C@@H]2c2cccnc2)cc1. The standard InChI is InChI=1S/C17H19N3O3S/c1-12-6-8-14(9-7-12)24(22,23)20-15(13-5-4-10-18-11-13)16(20)17(21)19(2)3/h4-11,15-16H,1-3H3/t15-,16-,20?/m0/s1. The summed E-state index contributed by atoms with van der Waals surface area (Å²) >= 11 is 0. The van der Waals surface area contributed by atoms with Gasteiger partial charge in [0.15, 0.2) is 0 Å². The predicted octanol–water partition coefficient (Wildman–Crippen LogP) is 1.59. The second kappa shape index (κ2) is 5.99. The maximum atomic E-state index is 13.0. The van der Waals surface area contributed by atoms with Gasteiger partial charge in [0.25, 0.3) is 0 Å². The highest BCUT2D eigenvalue weighted by Gasteiger charge is 2.60. The van der Waals surface area contributed by atoms with Gasteiger partial charge >= 0.3 is 0 Å². The molecule has 0 bridgehead atoms. The number of sulfonamides is 1. The molecule has 0 saturated carbocycles. The van der Waals surface area contributed by atoms with Crippen molar-refractivity contribution in [2.75, 3.05) is 14.1 Å². The molecule has 1 aromatic heterocycles. The average Bonchev–Trinajstić information content (AvgIpc) is 3.31. The summed E-state index contributed by atoms with van der Waals surface area (Å²) in [5.74, 6) is -0.237. The van der Waals surface area contributed by atoms with Crippen LogP contribution in [0, 0.1) is 6.92 Å². The van der Waals surface area contributed by atoms with Gasteiger partial charge in [-0.25, -0.2) is 8.42 Å². The largest absolute Gasteiger partial charge is 0.347 e. The molecule has 1 aliphatic heterocycles. The zero-order valence-corrected chi connectivity index (χ0v) is 14.6. The van der Waals surface area contributed by atoms with Crippen molar-refractivity contribution < 1.29 is 13.2 Å². The monoisotopic (exact) mass is 345 g/mol. The number of hydrogen-bond acceptors (Lipinski definition) is 4. The van der Waals surface area contributed by atoms with Crippen LogP contribution in [-0.4, -0.2) is 48.7 Å². The molecular formula is C17H19N3O3S. The minimum atomic E-state index is -3.75. The van der Waals surface area contributed by atoms with Gasteiger partial charge in [0.1, 0.15) is 6.04 Å². The molecule has 1 aliphatic rings. The van der Waals surface area contributed by atoms with E-state index in [4.69, 9.17) is 0 Å². The van der Waals surface area contributed by atoms with Crippen LogP contribution in [0.25, 0.3) is 0 Å². The van der Waals surface area contributed by atoms with E-state index >= 15 is 0 Å². The summed E-state index contributed by atoms with van der Waals surface area (Å²) in [5.41, 5.74) is 1.69. The van der Waals surface area contributed by atoms with Gasteiger partial charge in [0.2, 0.25) is 15.9 Å². The predicted molar refractivity (Wildman–Crippen MR) is 89.7 cm³/mol. The zero-order valence-electron chi connectivity index (χ0n) is 13.7. The normalized spacial score (nSPS) is 22.9. The molecule has 1 fully saturated rings.